The average Bonchev–Trinajstić information content (AvgIpc) is 2.84. The Labute approximate surface area is 130 Å². The number of imidazole rings is 1. The second kappa shape index (κ2) is 7.84. The van der Waals surface area contributed by atoms with E-state index >= 15 is 0 Å². The van der Waals surface area contributed by atoms with Crippen LogP contribution in [0.15, 0.2) is 17.6 Å². The van der Waals surface area contributed by atoms with Gasteiger partial charge in [0.15, 0.2) is 5.16 Å². The molecule has 1 aromatic heterocycles. The molecule has 0 atom stereocenters. The van der Waals surface area contributed by atoms with Gasteiger partial charge in [0.1, 0.15) is 6.61 Å². The highest BCUT2D eigenvalue weighted by molar-refractivity contribution is 7.99. The third kappa shape index (κ3) is 5.36. The van der Waals surface area contributed by atoms with E-state index in [1.165, 1.54) is 0 Å². The summed E-state index contributed by atoms with van der Waals surface area (Å²) in [6.45, 7) is 4.04. The molecule has 6 heteroatoms. The number of thioether (sulfide) groups is 1. The van der Waals surface area contributed by atoms with Crippen molar-refractivity contribution in [2.45, 2.75) is 62.1 Å². The lowest BCUT2D eigenvalue weighted by Crippen LogP contribution is -2.40. The van der Waals surface area contributed by atoms with Gasteiger partial charge in [-0.15, -0.1) is 0 Å². The Balaban J connectivity index is 1.68. The Morgan fingerprint density at radius 3 is 2.76 bits per heavy atom. The highest BCUT2D eigenvalue weighted by Gasteiger charge is 2.24. The van der Waals surface area contributed by atoms with E-state index in [1.807, 2.05) is 45.1 Å². The van der Waals surface area contributed by atoms with Crippen LogP contribution in [0.5, 0.6) is 0 Å². The molecular formula is C15H25N3O2S. The minimum Gasteiger partial charge on any atom is -0.369 e. The minimum absolute atomic E-state index is 0.00362. The summed E-state index contributed by atoms with van der Waals surface area (Å²) in [6, 6.07) is 0.298. The zero-order valence-electron chi connectivity index (χ0n) is 13.0. The first-order valence-electron chi connectivity index (χ1n) is 7.59. The van der Waals surface area contributed by atoms with E-state index in [-0.39, 0.29) is 18.6 Å². The van der Waals surface area contributed by atoms with Crippen molar-refractivity contribution >= 4 is 17.7 Å². The first-order chi connectivity index (χ1) is 10.0. The molecular weight excluding hydrogens is 286 g/mol. The molecule has 1 aromatic rings. The maximum atomic E-state index is 11.7. The lowest BCUT2D eigenvalue weighted by Gasteiger charge is -2.28. The molecule has 21 heavy (non-hydrogen) atoms. The van der Waals surface area contributed by atoms with Crippen LogP contribution in [0, 0.1) is 0 Å². The Morgan fingerprint density at radius 1 is 1.48 bits per heavy atom. The second-order valence-electron chi connectivity index (χ2n) is 5.84. The zero-order chi connectivity index (χ0) is 15.2. The van der Waals surface area contributed by atoms with Gasteiger partial charge in [0.25, 0.3) is 0 Å². The van der Waals surface area contributed by atoms with Crippen LogP contribution in [0.1, 0.15) is 39.5 Å². The number of carbonyl (C=O) groups excluding carboxylic acids is 1. The molecule has 0 aromatic carbocycles. The number of carbonyl (C=O) groups is 1. The Morgan fingerprint density at radius 2 is 2.19 bits per heavy atom. The fraction of sp³-hybridized carbons (Fsp3) is 0.733. The van der Waals surface area contributed by atoms with Gasteiger partial charge >= 0.3 is 0 Å². The number of nitrogens with one attached hydrogen (secondary N) is 1. The first-order valence-corrected chi connectivity index (χ1v) is 8.47. The molecule has 2 rings (SSSR count). The molecule has 1 saturated carbocycles. The Hall–Kier alpha value is -1.01. The SMILES string of the molecule is CC(C)OCC(=O)NC1CCC(Sc2nccn2C)CC1. The maximum Gasteiger partial charge on any atom is 0.246 e. The third-order valence-electron chi connectivity index (χ3n) is 3.64. The molecule has 1 N–H and O–H groups in total. The van der Waals surface area contributed by atoms with E-state index in [0.717, 1.165) is 30.8 Å². The van der Waals surface area contributed by atoms with Crippen LogP contribution in [0.3, 0.4) is 0 Å². The highest BCUT2D eigenvalue weighted by Crippen LogP contribution is 2.32. The van der Waals surface area contributed by atoms with Gasteiger partial charge in [-0.1, -0.05) is 11.8 Å². The Bertz CT molecular complexity index is 454. The summed E-state index contributed by atoms with van der Waals surface area (Å²) >= 11 is 1.85. The molecule has 118 valence electrons. The van der Waals surface area contributed by atoms with Crippen molar-refractivity contribution in [3.63, 3.8) is 0 Å². The minimum atomic E-state index is 0.00362. The van der Waals surface area contributed by atoms with Crippen molar-refractivity contribution in [3.05, 3.63) is 12.4 Å². The summed E-state index contributed by atoms with van der Waals surface area (Å²) in [5, 5.41) is 4.75. The van der Waals surface area contributed by atoms with Crippen molar-refractivity contribution in [3.8, 4) is 0 Å². The van der Waals surface area contributed by atoms with Crippen molar-refractivity contribution < 1.29 is 9.53 Å². The van der Waals surface area contributed by atoms with E-state index in [1.54, 1.807) is 0 Å². The molecule has 1 fully saturated rings. The number of aromatic nitrogens is 2. The maximum absolute atomic E-state index is 11.7. The van der Waals surface area contributed by atoms with Crippen LogP contribution < -0.4 is 5.32 Å². The molecule has 0 saturated heterocycles. The molecule has 0 bridgehead atoms. The van der Waals surface area contributed by atoms with Gasteiger partial charge in [0.2, 0.25) is 5.91 Å². The predicted octanol–water partition coefficient (Wildman–Crippen LogP) is 2.36. The summed E-state index contributed by atoms with van der Waals surface area (Å²) in [6.07, 6.45) is 8.22. The number of aryl methyl sites for hydroxylation is 1. The van der Waals surface area contributed by atoms with Gasteiger partial charge in [-0.3, -0.25) is 4.79 Å². The molecule has 0 unspecified atom stereocenters. The molecule has 1 amide bonds. The van der Waals surface area contributed by atoms with Crippen LogP contribution in [0.2, 0.25) is 0 Å². The van der Waals surface area contributed by atoms with Gasteiger partial charge in [-0.25, -0.2) is 4.98 Å². The number of hydrogen-bond donors (Lipinski definition) is 1. The van der Waals surface area contributed by atoms with Gasteiger partial charge in [0, 0.05) is 30.7 Å². The highest BCUT2D eigenvalue weighted by atomic mass is 32.2. The van der Waals surface area contributed by atoms with E-state index < -0.39 is 0 Å². The fourth-order valence-electron chi connectivity index (χ4n) is 2.45. The molecule has 1 aliphatic rings. The number of amides is 1. The third-order valence-corrected chi connectivity index (χ3v) is 5.05. The monoisotopic (exact) mass is 311 g/mol. The molecule has 0 aliphatic heterocycles. The number of nitrogens with zero attached hydrogens (tertiary/aromatic N) is 2. The molecule has 0 radical (unpaired) electrons. The summed E-state index contributed by atoms with van der Waals surface area (Å²) < 4.78 is 7.38. The van der Waals surface area contributed by atoms with Crippen LogP contribution >= 0.6 is 11.8 Å². The van der Waals surface area contributed by atoms with Gasteiger partial charge in [-0.05, 0) is 39.5 Å². The van der Waals surface area contributed by atoms with Crippen molar-refractivity contribution in [1.82, 2.24) is 14.9 Å². The largest absolute Gasteiger partial charge is 0.369 e. The average molecular weight is 311 g/mol. The van der Waals surface area contributed by atoms with Crippen LogP contribution in [-0.2, 0) is 16.6 Å². The molecule has 1 aliphatic carbocycles. The van der Waals surface area contributed by atoms with Gasteiger partial charge < -0.3 is 14.6 Å². The lowest BCUT2D eigenvalue weighted by atomic mass is 9.95. The second-order valence-corrected chi connectivity index (χ2v) is 7.11. The van der Waals surface area contributed by atoms with Gasteiger partial charge in [-0.2, -0.15) is 0 Å². The fourth-order valence-corrected chi connectivity index (χ4v) is 3.61. The molecule has 0 spiro atoms. The predicted molar refractivity (Wildman–Crippen MR) is 84.3 cm³/mol. The summed E-state index contributed by atoms with van der Waals surface area (Å²) in [5.41, 5.74) is 0. The van der Waals surface area contributed by atoms with Crippen LogP contribution in [-0.4, -0.2) is 39.5 Å². The Kier molecular flexibility index (Phi) is 6.11. The quantitative estimate of drug-likeness (QED) is 0.876. The van der Waals surface area contributed by atoms with E-state index in [0.29, 0.717) is 11.3 Å². The normalized spacial score (nSPS) is 22.5. The summed E-state index contributed by atoms with van der Waals surface area (Å²) in [5.74, 6) is 0.00362. The summed E-state index contributed by atoms with van der Waals surface area (Å²) in [7, 11) is 2.02. The molecule has 1 heterocycles. The lowest BCUT2D eigenvalue weighted by molar-refractivity contribution is -0.128. The number of hydrogen-bond acceptors (Lipinski definition) is 4. The standard InChI is InChI=1S/C15H25N3O2S/c1-11(2)20-10-14(19)17-12-4-6-13(7-5-12)21-15-16-8-9-18(15)3/h8-9,11-13H,4-7,10H2,1-3H3,(H,17,19). The van der Waals surface area contributed by atoms with E-state index in [4.69, 9.17) is 4.74 Å². The number of ether oxygens (including phenoxy) is 1. The van der Waals surface area contributed by atoms with Crippen molar-refractivity contribution in [2.75, 3.05) is 6.61 Å². The first kappa shape index (κ1) is 16.4. The van der Waals surface area contributed by atoms with Crippen LogP contribution in [0.25, 0.3) is 0 Å². The molecule has 5 nitrogen and oxygen atoms in total. The van der Waals surface area contributed by atoms with Crippen LogP contribution in [0.4, 0.5) is 0 Å². The zero-order valence-corrected chi connectivity index (χ0v) is 13.9. The van der Waals surface area contributed by atoms with Gasteiger partial charge in [0.05, 0.1) is 6.10 Å². The summed E-state index contributed by atoms with van der Waals surface area (Å²) in [4.78, 5) is 16.1. The topological polar surface area (TPSA) is 56.1 Å². The van der Waals surface area contributed by atoms with Crippen molar-refractivity contribution in [2.24, 2.45) is 7.05 Å². The van der Waals surface area contributed by atoms with E-state index in [9.17, 15) is 4.79 Å². The van der Waals surface area contributed by atoms with E-state index in [2.05, 4.69) is 14.9 Å². The number of rotatable bonds is 6. The smallest absolute Gasteiger partial charge is 0.246 e. The van der Waals surface area contributed by atoms with Crippen molar-refractivity contribution in [1.29, 1.82) is 0 Å².